The number of anilines is 2. The number of carbonyl (C=O) groups excluding carboxylic acids is 6. The number of carbonyl (C=O) groups is 6. The van der Waals surface area contributed by atoms with Crippen molar-refractivity contribution < 1.29 is 43.7 Å². The molecular weight excluding hydrogens is 620 g/mol. The Morgan fingerprint density at radius 1 is 1.04 bits per heavy atom. The number of nitrogens with zero attached hydrogens (tertiary/aromatic N) is 2. The van der Waals surface area contributed by atoms with Gasteiger partial charge < -0.3 is 25.6 Å². The molecule has 0 aromatic heterocycles. The van der Waals surface area contributed by atoms with Crippen molar-refractivity contribution in [1.82, 2.24) is 4.90 Å². The quantitative estimate of drug-likeness (QED) is 0.272. The average molecular weight is 655 g/mol. The first-order valence-corrected chi connectivity index (χ1v) is 14.8. The Hall–Kier alpha value is -4.33. The predicted molar refractivity (Wildman–Crippen MR) is 166 cm³/mol. The minimum atomic E-state index is -2.93. The lowest BCUT2D eigenvalue weighted by Gasteiger charge is -2.61. The first kappa shape index (κ1) is 33.0. The van der Waals surface area contributed by atoms with Crippen molar-refractivity contribution in [3.05, 3.63) is 46.5 Å². The van der Waals surface area contributed by atoms with Gasteiger partial charge in [0.1, 0.15) is 11.5 Å². The third kappa shape index (κ3) is 4.59. The number of halogens is 1. The van der Waals surface area contributed by atoms with Gasteiger partial charge in [-0.05, 0) is 68.2 Å². The Bertz CT molecular complexity index is 1720. The number of aliphatic hydroxyl groups is 1. The highest BCUT2D eigenvalue weighted by atomic mass is 35.5. The molecule has 244 valence electrons. The largest absolute Gasteiger partial charge is 0.505 e. The van der Waals surface area contributed by atoms with Crippen molar-refractivity contribution in [2.45, 2.75) is 38.3 Å². The Kier molecular flexibility index (Phi) is 7.82. The number of aromatic hydroxyl groups is 1. The molecular formula is C32H35ClN4O9. The highest BCUT2D eigenvalue weighted by Gasteiger charge is 2.76. The lowest BCUT2D eigenvalue weighted by molar-refractivity contribution is -0.203. The molecule has 5 rings (SSSR count). The van der Waals surface area contributed by atoms with Gasteiger partial charge in [0, 0.05) is 30.2 Å². The summed E-state index contributed by atoms with van der Waals surface area (Å²) >= 11 is 5.88. The SMILES string of the molecule is CN(C)c1cc(NC(=O)Oc2ccc(Cl)cc2)c(O)c2c1C[C@@]1(C)C[C@@]3(C)[C@H](N(C)C)C(=O)C(C(N)=O)C(=O)[C@@]3(O)C(=O)C1C2=O. The first-order valence-electron chi connectivity index (χ1n) is 14.5. The fourth-order valence-corrected chi connectivity index (χ4v) is 8.13. The van der Waals surface area contributed by atoms with Crippen LogP contribution in [0.2, 0.25) is 5.02 Å². The summed E-state index contributed by atoms with van der Waals surface area (Å²) in [6, 6.07) is 6.14. The van der Waals surface area contributed by atoms with E-state index in [0.29, 0.717) is 16.3 Å². The van der Waals surface area contributed by atoms with Crippen LogP contribution >= 0.6 is 11.6 Å². The van der Waals surface area contributed by atoms with Crippen LogP contribution in [0.4, 0.5) is 16.2 Å². The third-order valence-corrected chi connectivity index (χ3v) is 9.96. The monoisotopic (exact) mass is 654 g/mol. The minimum Gasteiger partial charge on any atom is -0.505 e. The summed E-state index contributed by atoms with van der Waals surface area (Å²) < 4.78 is 5.27. The van der Waals surface area contributed by atoms with Gasteiger partial charge >= 0.3 is 6.09 Å². The molecule has 0 aliphatic heterocycles. The molecule has 5 N–H and O–H groups in total. The smallest absolute Gasteiger partial charge is 0.417 e. The van der Waals surface area contributed by atoms with Crippen LogP contribution in [0.5, 0.6) is 11.5 Å². The van der Waals surface area contributed by atoms with Crippen LogP contribution in [0, 0.1) is 22.7 Å². The van der Waals surface area contributed by atoms with Gasteiger partial charge in [0.05, 0.1) is 23.2 Å². The second-order valence-electron chi connectivity index (χ2n) is 13.3. The highest BCUT2D eigenvalue weighted by Crippen LogP contribution is 2.62. The van der Waals surface area contributed by atoms with Crippen molar-refractivity contribution in [1.29, 1.82) is 0 Å². The van der Waals surface area contributed by atoms with Crippen LogP contribution in [0.15, 0.2) is 30.3 Å². The van der Waals surface area contributed by atoms with Crippen molar-refractivity contribution in [2.24, 2.45) is 28.4 Å². The van der Waals surface area contributed by atoms with Crippen molar-refractivity contribution in [2.75, 3.05) is 38.4 Å². The highest BCUT2D eigenvalue weighted by molar-refractivity contribution is 6.33. The van der Waals surface area contributed by atoms with E-state index in [-0.39, 0.29) is 29.8 Å². The predicted octanol–water partition coefficient (Wildman–Crippen LogP) is 1.98. The Labute approximate surface area is 269 Å². The molecule has 46 heavy (non-hydrogen) atoms. The van der Waals surface area contributed by atoms with Gasteiger partial charge in [0.2, 0.25) is 5.91 Å². The number of nitrogens with one attached hydrogen (secondary N) is 1. The summed E-state index contributed by atoms with van der Waals surface area (Å²) in [6.45, 7) is 3.10. The molecule has 13 nitrogen and oxygen atoms in total. The fraction of sp³-hybridized carbons (Fsp3) is 0.438. The number of benzene rings is 2. The number of nitrogens with two attached hydrogens (primary N) is 1. The number of ether oxygens (including phenoxy) is 1. The number of Topliss-reactive ketones (excluding diaryl/α,β-unsaturated/α-hetero) is 4. The van der Waals surface area contributed by atoms with Gasteiger partial charge in [-0.1, -0.05) is 25.4 Å². The lowest BCUT2D eigenvalue weighted by atomic mass is 9.42. The topological polar surface area (TPSA) is 197 Å². The summed E-state index contributed by atoms with van der Waals surface area (Å²) in [5, 5.41) is 26.4. The molecule has 0 radical (unpaired) electrons. The Balaban J connectivity index is 1.64. The van der Waals surface area contributed by atoms with E-state index >= 15 is 0 Å². The number of amides is 2. The number of likely N-dealkylation sites (N-methyl/N-ethyl adjacent to an activating group) is 1. The molecule has 2 saturated carbocycles. The van der Waals surface area contributed by atoms with E-state index in [2.05, 4.69) is 5.32 Å². The summed E-state index contributed by atoms with van der Waals surface area (Å²) in [5.74, 6) is -9.81. The molecule has 6 atom stereocenters. The molecule has 3 aliphatic rings. The van der Waals surface area contributed by atoms with Crippen LogP contribution < -0.4 is 20.7 Å². The maximum absolute atomic E-state index is 14.5. The maximum atomic E-state index is 14.5. The van der Waals surface area contributed by atoms with Gasteiger partial charge in [-0.3, -0.25) is 34.2 Å². The van der Waals surface area contributed by atoms with Crippen LogP contribution in [-0.4, -0.2) is 90.1 Å². The first-order chi connectivity index (χ1) is 21.3. The van der Waals surface area contributed by atoms with E-state index in [9.17, 15) is 39.0 Å². The number of phenols is 1. The summed E-state index contributed by atoms with van der Waals surface area (Å²) in [4.78, 5) is 84.4. The van der Waals surface area contributed by atoms with Gasteiger partial charge in [0.25, 0.3) is 0 Å². The standard InChI is InChI=1S/C32H35ClN4O9/c1-30-12-16-18(36(3)4)11-17(35-29(44)46-15-9-7-14(33)8-10-15)22(38)19(16)23(39)21(30)27(42)32(45)26(41)20(28(34)43)24(40)25(37(5)6)31(32,2)13-30/h7-11,20-21,25,38,45H,12-13H2,1-6H3,(H2,34,43)(H,35,44)/t20?,21?,25-,30+,31+,32-/m1/s1. The molecule has 0 bridgehead atoms. The van der Waals surface area contributed by atoms with Crippen molar-refractivity contribution in [3.63, 3.8) is 0 Å². The van der Waals surface area contributed by atoms with Crippen molar-refractivity contribution >= 4 is 58.1 Å². The molecule has 3 aliphatic carbocycles. The normalized spacial score (nSPS) is 30.3. The van der Waals surface area contributed by atoms with E-state index in [1.807, 2.05) is 0 Å². The Morgan fingerprint density at radius 2 is 1.65 bits per heavy atom. The zero-order valence-electron chi connectivity index (χ0n) is 26.1. The number of rotatable bonds is 5. The van der Waals surface area contributed by atoms with Gasteiger partial charge in [0.15, 0.2) is 34.7 Å². The molecule has 2 unspecified atom stereocenters. The molecule has 0 saturated heterocycles. The van der Waals surface area contributed by atoms with E-state index in [0.717, 1.165) is 0 Å². The van der Waals surface area contributed by atoms with Crippen LogP contribution in [0.3, 0.4) is 0 Å². The molecule has 2 amide bonds. The van der Waals surface area contributed by atoms with Crippen LogP contribution in [0.1, 0.15) is 36.2 Å². The number of hydrogen-bond acceptors (Lipinski definition) is 11. The molecule has 2 aromatic rings. The van der Waals surface area contributed by atoms with E-state index < -0.39 is 75.2 Å². The maximum Gasteiger partial charge on any atom is 0.417 e. The average Bonchev–Trinajstić information content (AvgIpc) is 2.92. The lowest BCUT2D eigenvalue weighted by Crippen LogP contribution is -2.79. The molecule has 0 heterocycles. The molecule has 2 fully saturated rings. The van der Waals surface area contributed by atoms with E-state index in [1.54, 1.807) is 25.9 Å². The Morgan fingerprint density at radius 3 is 2.20 bits per heavy atom. The zero-order chi connectivity index (χ0) is 34.3. The zero-order valence-corrected chi connectivity index (χ0v) is 26.9. The molecule has 2 aromatic carbocycles. The summed E-state index contributed by atoms with van der Waals surface area (Å²) in [7, 11) is 6.43. The molecule has 14 heteroatoms. The second kappa shape index (κ2) is 10.9. The van der Waals surface area contributed by atoms with Gasteiger partial charge in [-0.25, -0.2) is 4.79 Å². The van der Waals surface area contributed by atoms with Gasteiger partial charge in [-0.2, -0.15) is 0 Å². The number of primary amides is 1. The van der Waals surface area contributed by atoms with Crippen LogP contribution in [0.25, 0.3) is 0 Å². The molecule has 0 spiro atoms. The fourth-order valence-electron chi connectivity index (χ4n) is 8.01. The third-order valence-electron chi connectivity index (χ3n) is 9.71. The van der Waals surface area contributed by atoms with E-state index in [4.69, 9.17) is 22.1 Å². The summed E-state index contributed by atoms with van der Waals surface area (Å²) in [6.07, 6.45) is -1.11. The van der Waals surface area contributed by atoms with Crippen LogP contribution in [-0.2, 0) is 25.6 Å². The number of ketones is 4. The number of fused-ring (bicyclic) bond motifs is 3. The number of hydrogen-bond donors (Lipinski definition) is 4. The van der Waals surface area contributed by atoms with E-state index in [1.165, 1.54) is 56.3 Å². The van der Waals surface area contributed by atoms with Gasteiger partial charge in [-0.15, -0.1) is 0 Å². The number of phenolic OH excluding ortho intramolecular Hbond substituents is 1. The second-order valence-corrected chi connectivity index (χ2v) is 13.7. The summed E-state index contributed by atoms with van der Waals surface area (Å²) in [5.41, 5.74) is -0.135. The minimum absolute atomic E-state index is 0.0223. The van der Waals surface area contributed by atoms with Crippen molar-refractivity contribution in [3.8, 4) is 11.5 Å².